The van der Waals surface area contributed by atoms with Crippen molar-refractivity contribution >= 4 is 21.9 Å². The van der Waals surface area contributed by atoms with E-state index in [1.165, 1.54) is 11.1 Å². The number of para-hydroxylation sites is 3. The van der Waals surface area contributed by atoms with Crippen LogP contribution in [0, 0.1) is 0 Å². The van der Waals surface area contributed by atoms with Crippen LogP contribution in [0.5, 0.6) is 11.5 Å². The molecule has 0 saturated carbocycles. The van der Waals surface area contributed by atoms with Gasteiger partial charge in [0.25, 0.3) is 0 Å². The molecule has 0 N–H and O–H groups in total. The van der Waals surface area contributed by atoms with Gasteiger partial charge in [-0.1, -0.05) is 80.6 Å². The van der Waals surface area contributed by atoms with Crippen molar-refractivity contribution in [3.8, 4) is 22.6 Å². The number of hydrogen-bond donors (Lipinski definition) is 0. The van der Waals surface area contributed by atoms with Gasteiger partial charge in [0.1, 0.15) is 22.7 Å². The summed E-state index contributed by atoms with van der Waals surface area (Å²) in [5.74, 6) is 1.85. The topological polar surface area (TPSA) is 22.4 Å². The number of ether oxygens (including phenoxy) is 1. The van der Waals surface area contributed by atoms with Gasteiger partial charge in [-0.3, -0.25) is 0 Å². The molecule has 0 radical (unpaired) electrons. The first-order valence-corrected chi connectivity index (χ1v) is 9.95. The van der Waals surface area contributed by atoms with Gasteiger partial charge in [0.2, 0.25) is 0 Å². The SMILES string of the molecule is CC1(C)c2ccccc2Oc2cc(-c3cccc4c3oc3ccccc34)ccc21. The highest BCUT2D eigenvalue weighted by atomic mass is 16.5. The van der Waals surface area contributed by atoms with Gasteiger partial charge in [0.15, 0.2) is 0 Å². The molecule has 0 bridgehead atoms. The zero-order chi connectivity index (χ0) is 19.6. The minimum atomic E-state index is -0.103. The number of rotatable bonds is 1. The summed E-state index contributed by atoms with van der Waals surface area (Å²) in [4.78, 5) is 0. The largest absolute Gasteiger partial charge is 0.457 e. The van der Waals surface area contributed by atoms with Gasteiger partial charge in [-0.2, -0.15) is 0 Å². The maximum Gasteiger partial charge on any atom is 0.143 e. The highest BCUT2D eigenvalue weighted by Crippen LogP contribution is 2.49. The fourth-order valence-electron chi connectivity index (χ4n) is 4.60. The molecular weight excluding hydrogens is 356 g/mol. The Kier molecular flexibility index (Phi) is 3.25. The van der Waals surface area contributed by atoms with E-state index in [9.17, 15) is 0 Å². The highest BCUT2D eigenvalue weighted by Gasteiger charge is 2.34. The average Bonchev–Trinajstić information content (AvgIpc) is 3.12. The molecule has 140 valence electrons. The first-order chi connectivity index (χ1) is 14.1. The monoisotopic (exact) mass is 376 g/mol. The second-order valence-electron chi connectivity index (χ2n) is 8.21. The van der Waals surface area contributed by atoms with Crippen LogP contribution in [0.2, 0.25) is 0 Å². The van der Waals surface area contributed by atoms with Crippen molar-refractivity contribution in [2.75, 3.05) is 0 Å². The molecule has 29 heavy (non-hydrogen) atoms. The van der Waals surface area contributed by atoms with E-state index in [0.717, 1.165) is 44.6 Å². The van der Waals surface area contributed by atoms with Crippen molar-refractivity contribution < 1.29 is 9.15 Å². The number of furan rings is 1. The molecule has 5 aromatic rings. The van der Waals surface area contributed by atoms with E-state index in [4.69, 9.17) is 9.15 Å². The molecule has 6 rings (SSSR count). The first-order valence-electron chi connectivity index (χ1n) is 9.95. The fraction of sp³-hybridized carbons (Fsp3) is 0.111. The molecule has 2 nitrogen and oxygen atoms in total. The number of hydrogen-bond acceptors (Lipinski definition) is 2. The Morgan fingerprint density at radius 1 is 0.655 bits per heavy atom. The summed E-state index contributed by atoms with van der Waals surface area (Å²) in [6.45, 7) is 4.51. The summed E-state index contributed by atoms with van der Waals surface area (Å²) < 4.78 is 12.6. The molecule has 0 amide bonds. The first kappa shape index (κ1) is 16.4. The second-order valence-corrected chi connectivity index (χ2v) is 8.21. The molecule has 2 heterocycles. The molecule has 1 aliphatic heterocycles. The van der Waals surface area contributed by atoms with Crippen molar-refractivity contribution in [1.82, 2.24) is 0 Å². The molecule has 0 fully saturated rings. The summed E-state index contributed by atoms with van der Waals surface area (Å²) >= 11 is 0. The lowest BCUT2D eigenvalue weighted by Crippen LogP contribution is -2.24. The Bertz CT molecular complexity index is 1410. The average molecular weight is 376 g/mol. The molecular formula is C27H20O2. The van der Waals surface area contributed by atoms with Gasteiger partial charge in [-0.25, -0.2) is 0 Å². The Hall–Kier alpha value is -3.52. The van der Waals surface area contributed by atoms with Gasteiger partial charge in [0.05, 0.1) is 0 Å². The summed E-state index contributed by atoms with van der Waals surface area (Å²) in [5, 5.41) is 2.29. The van der Waals surface area contributed by atoms with E-state index < -0.39 is 0 Å². The van der Waals surface area contributed by atoms with Crippen LogP contribution in [-0.4, -0.2) is 0 Å². The molecule has 0 unspecified atom stereocenters. The van der Waals surface area contributed by atoms with Gasteiger partial charge in [-0.05, 0) is 23.8 Å². The van der Waals surface area contributed by atoms with Crippen LogP contribution < -0.4 is 4.74 Å². The predicted molar refractivity (Wildman–Crippen MR) is 118 cm³/mol. The molecule has 1 aliphatic rings. The lowest BCUT2D eigenvalue weighted by atomic mass is 9.75. The third kappa shape index (κ3) is 2.29. The van der Waals surface area contributed by atoms with Crippen LogP contribution in [0.15, 0.2) is 89.3 Å². The highest BCUT2D eigenvalue weighted by molar-refractivity contribution is 6.09. The van der Waals surface area contributed by atoms with E-state index in [0.29, 0.717) is 0 Å². The summed E-state index contributed by atoms with van der Waals surface area (Å²) in [7, 11) is 0. The van der Waals surface area contributed by atoms with Crippen LogP contribution in [0.1, 0.15) is 25.0 Å². The van der Waals surface area contributed by atoms with Gasteiger partial charge in [0, 0.05) is 32.9 Å². The predicted octanol–water partition coefficient (Wildman–Crippen LogP) is 7.68. The second kappa shape index (κ2) is 5.74. The van der Waals surface area contributed by atoms with E-state index in [-0.39, 0.29) is 5.41 Å². The quantitative estimate of drug-likeness (QED) is 0.299. The Morgan fingerprint density at radius 2 is 1.41 bits per heavy atom. The van der Waals surface area contributed by atoms with Crippen LogP contribution in [0.3, 0.4) is 0 Å². The molecule has 0 saturated heterocycles. The molecule has 0 aliphatic carbocycles. The zero-order valence-electron chi connectivity index (χ0n) is 16.4. The standard InChI is InChI=1S/C27H20O2/c1-27(2)21-11-4-6-13-24(21)28-25-16-17(14-15-22(25)27)18-9-7-10-20-19-8-3-5-12-23(19)29-26(18)20/h3-16H,1-2H3. The van der Waals surface area contributed by atoms with E-state index >= 15 is 0 Å². The normalized spacial score (nSPS) is 14.4. The minimum Gasteiger partial charge on any atom is -0.457 e. The van der Waals surface area contributed by atoms with Crippen molar-refractivity contribution in [3.63, 3.8) is 0 Å². The van der Waals surface area contributed by atoms with Crippen molar-refractivity contribution in [3.05, 3.63) is 96.1 Å². The van der Waals surface area contributed by atoms with Crippen LogP contribution in [0.4, 0.5) is 0 Å². The van der Waals surface area contributed by atoms with Crippen LogP contribution in [0.25, 0.3) is 33.1 Å². The Balaban J connectivity index is 1.56. The van der Waals surface area contributed by atoms with Crippen molar-refractivity contribution in [2.24, 2.45) is 0 Å². The maximum absolute atomic E-state index is 6.32. The minimum absolute atomic E-state index is 0.103. The third-order valence-corrected chi connectivity index (χ3v) is 6.15. The summed E-state index contributed by atoms with van der Waals surface area (Å²) in [6, 6.07) is 29.4. The zero-order valence-corrected chi connectivity index (χ0v) is 16.4. The van der Waals surface area contributed by atoms with Gasteiger partial charge in [-0.15, -0.1) is 0 Å². The lowest BCUT2D eigenvalue weighted by molar-refractivity contribution is 0.418. The maximum atomic E-state index is 6.32. The molecule has 0 atom stereocenters. The molecule has 2 heteroatoms. The van der Waals surface area contributed by atoms with Crippen LogP contribution in [-0.2, 0) is 5.41 Å². The summed E-state index contributed by atoms with van der Waals surface area (Å²) in [5.41, 5.74) is 6.35. The lowest BCUT2D eigenvalue weighted by Gasteiger charge is -2.34. The van der Waals surface area contributed by atoms with E-state index in [1.807, 2.05) is 24.3 Å². The van der Waals surface area contributed by atoms with E-state index in [2.05, 4.69) is 74.5 Å². The number of fused-ring (bicyclic) bond motifs is 5. The fourth-order valence-corrected chi connectivity index (χ4v) is 4.60. The van der Waals surface area contributed by atoms with Crippen molar-refractivity contribution in [2.45, 2.75) is 19.3 Å². The Morgan fingerprint density at radius 3 is 2.34 bits per heavy atom. The molecule has 4 aromatic carbocycles. The van der Waals surface area contributed by atoms with Gasteiger partial charge >= 0.3 is 0 Å². The van der Waals surface area contributed by atoms with Crippen LogP contribution >= 0.6 is 0 Å². The Labute approximate surface area is 169 Å². The van der Waals surface area contributed by atoms with E-state index in [1.54, 1.807) is 0 Å². The van der Waals surface area contributed by atoms with Gasteiger partial charge < -0.3 is 9.15 Å². The van der Waals surface area contributed by atoms with Crippen molar-refractivity contribution in [1.29, 1.82) is 0 Å². The summed E-state index contributed by atoms with van der Waals surface area (Å²) in [6.07, 6.45) is 0. The smallest absolute Gasteiger partial charge is 0.143 e. The number of benzene rings is 4. The molecule has 1 aromatic heterocycles. The third-order valence-electron chi connectivity index (χ3n) is 6.15. The molecule has 0 spiro atoms.